The molecule has 21 rings (SSSR count). The minimum absolute atomic E-state index is 0.563. The quantitative estimate of drug-likeness (QED) is 0.135. The van der Waals surface area contributed by atoms with E-state index in [2.05, 4.69) is 328 Å². The van der Waals surface area contributed by atoms with E-state index in [9.17, 15) is 0 Å². The molecule has 0 saturated heterocycles. The molecule has 4 heterocycles. The second kappa shape index (κ2) is 24.3. The standard InChI is InChI=1S/C99H61N5O2/c1-4-27-62(28-5-1)88-61-89(101-94(100-88)63-29-6-2-7-30-63)79-46-26-53-87-93(79)106-91-60-68(55-56-85(91)99(87)82-49-18-14-42-76(82)77-43-15-19-50-83(77)99)66-34-22-36-69(57-66)72-39-10-11-44-78(72)97-103-95(64-31-8-3-9-32-64)102-96(104-97)71-38-24-35-67(59-71)65-33-23-37-70(58-65)73-45-25-52-86-92(73)105-90-54-21-20-51-84(90)98(86)80-47-16-12-40-74(80)75-41-13-17-48-81(75)98/h1-61H. The van der Waals surface area contributed by atoms with E-state index in [1.54, 1.807) is 0 Å². The minimum atomic E-state index is -0.730. The zero-order valence-corrected chi connectivity index (χ0v) is 57.3. The topological polar surface area (TPSA) is 82.9 Å². The number of para-hydroxylation sites is 3. The van der Waals surface area contributed by atoms with E-state index in [0.29, 0.717) is 23.3 Å². The van der Waals surface area contributed by atoms with Gasteiger partial charge in [0.2, 0.25) is 0 Å². The molecule has 7 heteroatoms. The van der Waals surface area contributed by atoms with E-state index in [4.69, 9.17) is 34.4 Å². The van der Waals surface area contributed by atoms with Crippen molar-refractivity contribution in [1.29, 1.82) is 0 Å². The van der Waals surface area contributed by atoms with E-state index in [1.807, 2.05) is 42.5 Å². The number of ether oxygens (including phenoxy) is 2. The molecular formula is C99H61N5O2. The molecule has 17 aromatic rings. The van der Waals surface area contributed by atoms with Gasteiger partial charge in [-0.05, 0) is 126 Å². The summed E-state index contributed by atoms with van der Waals surface area (Å²) in [5.74, 6) is 5.58. The summed E-state index contributed by atoms with van der Waals surface area (Å²) in [5.41, 5.74) is 28.1. The van der Waals surface area contributed by atoms with Crippen LogP contribution in [-0.4, -0.2) is 24.9 Å². The lowest BCUT2D eigenvalue weighted by atomic mass is 9.65. The summed E-state index contributed by atoms with van der Waals surface area (Å²) in [4.78, 5) is 26.6. The molecule has 494 valence electrons. The van der Waals surface area contributed by atoms with Crippen LogP contribution in [0.4, 0.5) is 0 Å². The molecule has 0 unspecified atom stereocenters. The number of aromatic nitrogens is 5. The van der Waals surface area contributed by atoms with Crippen molar-refractivity contribution < 1.29 is 9.47 Å². The van der Waals surface area contributed by atoms with Crippen LogP contribution in [0.5, 0.6) is 23.0 Å². The highest BCUT2D eigenvalue weighted by atomic mass is 16.5. The first-order valence-corrected chi connectivity index (χ1v) is 36.0. The van der Waals surface area contributed by atoms with E-state index in [0.717, 1.165) is 135 Å². The van der Waals surface area contributed by atoms with E-state index >= 15 is 0 Å². The monoisotopic (exact) mass is 1350 g/mol. The van der Waals surface area contributed by atoms with Gasteiger partial charge in [0.15, 0.2) is 23.3 Å². The van der Waals surface area contributed by atoms with Gasteiger partial charge >= 0.3 is 0 Å². The van der Waals surface area contributed by atoms with Crippen molar-refractivity contribution >= 4 is 0 Å². The third kappa shape index (κ3) is 9.42. The van der Waals surface area contributed by atoms with Crippen molar-refractivity contribution in [3.8, 4) is 158 Å². The van der Waals surface area contributed by atoms with Gasteiger partial charge in [-0.1, -0.05) is 328 Å². The normalized spacial score (nSPS) is 13.2. The Hall–Kier alpha value is -14.0. The maximum absolute atomic E-state index is 7.55. The molecule has 0 fully saturated rings. The SMILES string of the molecule is c1ccc(-c2cc(-c3cccc4c3Oc3cc(-c5cccc(-c6ccccc6-c6nc(-c7ccccc7)nc(-c7cccc(-c8cccc(-c9cccc%10c9Oc9ccccc9C%109c%10ccccc%10-c%10ccccc%109)c8)c7)n6)c5)ccc3C43c4ccccc4-c4ccccc43)nc(-c3ccccc3)n2)cc1. The van der Waals surface area contributed by atoms with E-state index < -0.39 is 10.8 Å². The summed E-state index contributed by atoms with van der Waals surface area (Å²) in [5, 5.41) is 0. The molecule has 7 nitrogen and oxygen atoms in total. The Morgan fingerprint density at radius 1 is 0.170 bits per heavy atom. The highest BCUT2D eigenvalue weighted by Gasteiger charge is 2.53. The van der Waals surface area contributed by atoms with E-state index in [-0.39, 0.29) is 0 Å². The number of hydrogen-bond donors (Lipinski definition) is 0. The zero-order valence-electron chi connectivity index (χ0n) is 57.3. The number of benzene rings is 15. The van der Waals surface area contributed by atoms with Crippen molar-refractivity contribution in [2.45, 2.75) is 10.8 Å². The van der Waals surface area contributed by atoms with Crippen LogP contribution in [0.25, 0.3) is 135 Å². The van der Waals surface area contributed by atoms with Gasteiger partial charge in [0.1, 0.15) is 23.0 Å². The molecule has 0 bridgehead atoms. The van der Waals surface area contributed by atoms with Crippen LogP contribution in [0.1, 0.15) is 44.5 Å². The molecule has 2 spiro atoms. The fourth-order valence-electron chi connectivity index (χ4n) is 17.3. The first-order chi connectivity index (χ1) is 52.5. The summed E-state index contributed by atoms with van der Waals surface area (Å²) in [6, 6.07) is 131. The molecule has 0 radical (unpaired) electrons. The predicted molar refractivity (Wildman–Crippen MR) is 425 cm³/mol. The first kappa shape index (κ1) is 60.7. The summed E-state index contributed by atoms with van der Waals surface area (Å²) in [6.07, 6.45) is 0. The summed E-state index contributed by atoms with van der Waals surface area (Å²) in [7, 11) is 0. The summed E-state index contributed by atoms with van der Waals surface area (Å²) in [6.45, 7) is 0. The van der Waals surface area contributed by atoms with Crippen LogP contribution < -0.4 is 9.47 Å². The average Bonchev–Trinajstić information content (AvgIpc) is 1.49. The average molecular weight is 1350 g/mol. The van der Waals surface area contributed by atoms with Crippen molar-refractivity contribution in [2.75, 3.05) is 0 Å². The Labute approximate surface area is 613 Å². The molecule has 0 amide bonds. The first-order valence-electron chi connectivity index (χ1n) is 36.0. The maximum Gasteiger partial charge on any atom is 0.164 e. The molecule has 15 aromatic carbocycles. The highest BCUT2D eigenvalue weighted by Crippen LogP contribution is 2.65. The zero-order chi connectivity index (χ0) is 69.9. The Morgan fingerprint density at radius 3 is 1.08 bits per heavy atom. The molecule has 0 atom stereocenters. The Bertz CT molecular complexity index is 6280. The number of fused-ring (bicyclic) bond motifs is 18. The van der Waals surface area contributed by atoms with E-state index in [1.165, 1.54) is 44.5 Å². The Balaban J connectivity index is 0.658. The molecule has 2 aliphatic heterocycles. The van der Waals surface area contributed by atoms with Gasteiger partial charge in [-0.15, -0.1) is 0 Å². The van der Waals surface area contributed by atoms with Gasteiger partial charge in [0.05, 0.1) is 22.2 Å². The van der Waals surface area contributed by atoms with Crippen LogP contribution in [0.2, 0.25) is 0 Å². The smallest absolute Gasteiger partial charge is 0.164 e. The molecule has 106 heavy (non-hydrogen) atoms. The highest BCUT2D eigenvalue weighted by molar-refractivity contribution is 5.94. The fourth-order valence-corrected chi connectivity index (χ4v) is 17.3. The molecule has 4 aliphatic rings. The fraction of sp³-hybridized carbons (Fsp3) is 0.0202. The van der Waals surface area contributed by atoms with Crippen molar-refractivity contribution in [1.82, 2.24) is 24.9 Å². The van der Waals surface area contributed by atoms with Crippen LogP contribution >= 0.6 is 0 Å². The van der Waals surface area contributed by atoms with Gasteiger partial charge in [-0.2, -0.15) is 0 Å². The summed E-state index contributed by atoms with van der Waals surface area (Å²) < 4.78 is 14.7. The lowest BCUT2D eigenvalue weighted by Gasteiger charge is -2.40. The van der Waals surface area contributed by atoms with Crippen LogP contribution in [0.15, 0.2) is 370 Å². The lowest BCUT2D eigenvalue weighted by molar-refractivity contribution is 0.438. The lowest BCUT2D eigenvalue weighted by Crippen LogP contribution is -2.32. The van der Waals surface area contributed by atoms with Gasteiger partial charge in [-0.3, -0.25) is 0 Å². The third-order valence-corrected chi connectivity index (χ3v) is 21.9. The second-order valence-corrected chi connectivity index (χ2v) is 27.6. The summed E-state index contributed by atoms with van der Waals surface area (Å²) >= 11 is 0. The molecule has 2 aromatic heterocycles. The van der Waals surface area contributed by atoms with Crippen LogP contribution in [-0.2, 0) is 10.8 Å². The van der Waals surface area contributed by atoms with Gasteiger partial charge in [0.25, 0.3) is 0 Å². The van der Waals surface area contributed by atoms with Crippen molar-refractivity contribution in [3.05, 3.63) is 415 Å². The second-order valence-electron chi connectivity index (χ2n) is 27.6. The molecule has 0 N–H and O–H groups in total. The van der Waals surface area contributed by atoms with Crippen LogP contribution in [0.3, 0.4) is 0 Å². The third-order valence-electron chi connectivity index (χ3n) is 21.9. The minimum Gasteiger partial charge on any atom is -0.456 e. The van der Waals surface area contributed by atoms with Crippen molar-refractivity contribution in [2.24, 2.45) is 0 Å². The number of hydrogen-bond acceptors (Lipinski definition) is 7. The van der Waals surface area contributed by atoms with Crippen molar-refractivity contribution in [3.63, 3.8) is 0 Å². The predicted octanol–water partition coefficient (Wildman–Crippen LogP) is 24.3. The maximum atomic E-state index is 7.55. The molecule has 2 aliphatic carbocycles. The number of rotatable bonds is 10. The largest absolute Gasteiger partial charge is 0.456 e. The van der Waals surface area contributed by atoms with Gasteiger partial charge in [0, 0.05) is 61.2 Å². The molecular weight excluding hydrogens is 1290 g/mol. The Morgan fingerprint density at radius 2 is 0.509 bits per heavy atom. The molecule has 0 saturated carbocycles. The Kier molecular flexibility index (Phi) is 13.9. The van der Waals surface area contributed by atoms with Gasteiger partial charge < -0.3 is 9.47 Å². The number of nitrogens with zero attached hydrogens (tertiary/aromatic N) is 5. The van der Waals surface area contributed by atoms with Crippen LogP contribution in [0, 0.1) is 0 Å². The van der Waals surface area contributed by atoms with Gasteiger partial charge in [-0.25, -0.2) is 24.9 Å².